The number of hydrogen-bond acceptors (Lipinski definition) is 3. The molecule has 0 N–H and O–H groups in total. The van der Waals surface area contributed by atoms with E-state index in [1.54, 1.807) is 6.07 Å². The Morgan fingerprint density at radius 2 is 2.11 bits per heavy atom. The molecule has 3 heteroatoms. The number of carbonyl (C=O) groups excluding carboxylic acids is 2. The summed E-state index contributed by atoms with van der Waals surface area (Å²) in [6.45, 7) is 6.67. The highest BCUT2D eigenvalue weighted by atomic mass is 32.1. The maximum Gasteiger partial charge on any atom is 0.159 e. The lowest BCUT2D eigenvalue weighted by Crippen LogP contribution is -2.32. The predicted octanol–water partition coefficient (Wildman–Crippen LogP) is 3.96. The zero-order valence-electron chi connectivity index (χ0n) is 11.2. The van der Waals surface area contributed by atoms with Crippen LogP contribution in [0.5, 0.6) is 0 Å². The molecule has 1 heterocycles. The minimum Gasteiger partial charge on any atom is -0.299 e. The van der Waals surface area contributed by atoms with Crippen LogP contribution in [0, 0.1) is 16.7 Å². The molecule has 0 radical (unpaired) electrons. The predicted molar refractivity (Wildman–Crippen MR) is 73.9 cm³/mol. The normalized spacial score (nSPS) is 31.9. The summed E-state index contributed by atoms with van der Waals surface area (Å²) in [6, 6.07) is 3.64. The molecule has 0 amide bonds. The molecule has 18 heavy (non-hydrogen) atoms. The Balaban J connectivity index is 0.000000149. The topological polar surface area (TPSA) is 34.1 Å². The van der Waals surface area contributed by atoms with Crippen LogP contribution in [0.2, 0.25) is 0 Å². The maximum absolute atomic E-state index is 11.6. The van der Waals surface area contributed by atoms with Crippen molar-refractivity contribution in [3.8, 4) is 0 Å². The third-order valence-corrected chi connectivity index (χ3v) is 5.94. The van der Waals surface area contributed by atoms with Crippen molar-refractivity contribution < 1.29 is 9.59 Å². The zero-order valence-corrected chi connectivity index (χ0v) is 12.0. The van der Waals surface area contributed by atoms with Crippen LogP contribution in [0.1, 0.15) is 49.7 Å². The third kappa shape index (κ3) is 1.95. The first-order chi connectivity index (χ1) is 8.41. The van der Waals surface area contributed by atoms with Crippen LogP contribution in [-0.2, 0) is 4.79 Å². The van der Waals surface area contributed by atoms with Gasteiger partial charge >= 0.3 is 0 Å². The molecule has 0 spiro atoms. The van der Waals surface area contributed by atoms with Crippen molar-refractivity contribution in [2.75, 3.05) is 0 Å². The highest BCUT2D eigenvalue weighted by molar-refractivity contribution is 7.11. The Kier molecular flexibility index (Phi) is 3.45. The largest absolute Gasteiger partial charge is 0.299 e. The van der Waals surface area contributed by atoms with E-state index in [1.165, 1.54) is 17.8 Å². The summed E-state index contributed by atoms with van der Waals surface area (Å²) in [6.07, 6.45) is 4.10. The molecule has 2 aliphatic rings. The lowest BCUT2D eigenvalue weighted by molar-refractivity contribution is -0.128. The van der Waals surface area contributed by atoms with Gasteiger partial charge in [-0.25, -0.2) is 0 Å². The van der Waals surface area contributed by atoms with Crippen LogP contribution in [-0.4, -0.2) is 12.1 Å². The van der Waals surface area contributed by atoms with Crippen molar-refractivity contribution in [3.63, 3.8) is 0 Å². The first-order valence-corrected chi connectivity index (χ1v) is 7.32. The average molecular weight is 264 g/mol. The molecule has 2 aliphatic carbocycles. The van der Waals surface area contributed by atoms with E-state index in [1.807, 2.05) is 11.4 Å². The standard InChI is InChI=1S/C10H16O.C5H4OS/c1-9(2)7-4-5-10(9,3)8(11)6-7;6-4-5-2-1-3-7-5/h7H,4-6H2,1-3H3;1-4H. The van der Waals surface area contributed by atoms with Gasteiger partial charge in [0.15, 0.2) is 6.29 Å². The number of ketones is 1. The summed E-state index contributed by atoms with van der Waals surface area (Å²) in [5.41, 5.74) is 0.307. The maximum atomic E-state index is 11.6. The minimum absolute atomic E-state index is 0.0255. The number of fused-ring (bicyclic) bond motifs is 2. The number of aldehydes is 1. The Morgan fingerprint density at radius 1 is 1.39 bits per heavy atom. The van der Waals surface area contributed by atoms with Crippen molar-refractivity contribution in [2.24, 2.45) is 16.7 Å². The minimum atomic E-state index is 0.0255. The van der Waals surface area contributed by atoms with E-state index in [-0.39, 0.29) is 10.8 Å². The SMILES string of the molecule is CC12CCC(CC1=O)C2(C)C.O=Cc1cccs1. The van der Waals surface area contributed by atoms with Crippen LogP contribution in [0.25, 0.3) is 0 Å². The number of Topliss-reactive ketones (excluding diaryl/α,β-unsaturated/α-hetero) is 1. The first kappa shape index (κ1) is 13.5. The highest BCUT2D eigenvalue weighted by Crippen LogP contribution is 2.63. The number of hydrogen-bond donors (Lipinski definition) is 0. The fourth-order valence-electron chi connectivity index (χ4n) is 3.26. The summed E-state index contributed by atoms with van der Waals surface area (Å²) in [5.74, 6) is 1.19. The summed E-state index contributed by atoms with van der Waals surface area (Å²) in [5, 5.41) is 1.88. The van der Waals surface area contributed by atoms with Crippen molar-refractivity contribution in [3.05, 3.63) is 22.4 Å². The molecule has 2 saturated carbocycles. The van der Waals surface area contributed by atoms with Gasteiger partial charge in [-0.3, -0.25) is 9.59 Å². The molecule has 1 aromatic heterocycles. The molecule has 98 valence electrons. The van der Waals surface area contributed by atoms with Crippen LogP contribution in [0.4, 0.5) is 0 Å². The van der Waals surface area contributed by atoms with Crippen molar-refractivity contribution in [1.82, 2.24) is 0 Å². The fraction of sp³-hybridized carbons (Fsp3) is 0.600. The van der Waals surface area contributed by atoms with Gasteiger partial charge in [-0.05, 0) is 35.6 Å². The van der Waals surface area contributed by atoms with Gasteiger partial charge in [0.05, 0.1) is 4.88 Å². The van der Waals surface area contributed by atoms with Crippen molar-refractivity contribution in [1.29, 1.82) is 0 Å². The smallest absolute Gasteiger partial charge is 0.159 e. The summed E-state index contributed by atoms with van der Waals surface area (Å²) in [7, 11) is 0. The monoisotopic (exact) mass is 264 g/mol. The lowest BCUT2D eigenvalue weighted by atomic mass is 9.70. The van der Waals surface area contributed by atoms with E-state index in [2.05, 4.69) is 20.8 Å². The van der Waals surface area contributed by atoms with E-state index in [0.717, 1.165) is 24.0 Å². The lowest BCUT2D eigenvalue weighted by Gasteiger charge is -2.32. The zero-order chi connectivity index (χ0) is 13.4. The van der Waals surface area contributed by atoms with Gasteiger partial charge in [-0.2, -0.15) is 0 Å². The molecule has 2 unspecified atom stereocenters. The molecule has 2 bridgehead atoms. The van der Waals surface area contributed by atoms with E-state index in [0.29, 0.717) is 11.7 Å². The van der Waals surface area contributed by atoms with Gasteiger partial charge in [0.25, 0.3) is 0 Å². The fourth-order valence-corrected chi connectivity index (χ4v) is 3.79. The Morgan fingerprint density at radius 3 is 2.33 bits per heavy atom. The molecule has 0 aromatic carbocycles. The van der Waals surface area contributed by atoms with Crippen LogP contribution >= 0.6 is 11.3 Å². The first-order valence-electron chi connectivity index (χ1n) is 6.44. The van der Waals surface area contributed by atoms with Crippen molar-refractivity contribution in [2.45, 2.75) is 40.0 Å². The van der Waals surface area contributed by atoms with Crippen molar-refractivity contribution >= 4 is 23.4 Å². The van der Waals surface area contributed by atoms with Crippen LogP contribution in [0.15, 0.2) is 17.5 Å². The third-order valence-electron chi connectivity index (χ3n) is 5.14. The molecule has 0 aliphatic heterocycles. The molecule has 0 saturated heterocycles. The molecule has 3 rings (SSSR count). The van der Waals surface area contributed by atoms with Crippen LogP contribution in [0.3, 0.4) is 0 Å². The van der Waals surface area contributed by atoms with Gasteiger partial charge in [0, 0.05) is 11.8 Å². The number of carbonyl (C=O) groups is 2. The molecule has 2 fully saturated rings. The van der Waals surface area contributed by atoms with Gasteiger partial charge < -0.3 is 0 Å². The second-order valence-electron chi connectivity index (χ2n) is 6.05. The van der Waals surface area contributed by atoms with Gasteiger partial charge in [-0.1, -0.05) is 26.8 Å². The molecule has 1 aromatic rings. The summed E-state index contributed by atoms with van der Waals surface area (Å²) >= 11 is 1.45. The van der Waals surface area contributed by atoms with Crippen LogP contribution < -0.4 is 0 Å². The van der Waals surface area contributed by atoms with Gasteiger partial charge in [0.1, 0.15) is 5.78 Å². The summed E-state index contributed by atoms with van der Waals surface area (Å²) < 4.78 is 0. The second kappa shape index (κ2) is 4.61. The van der Waals surface area contributed by atoms with E-state index >= 15 is 0 Å². The van der Waals surface area contributed by atoms with E-state index < -0.39 is 0 Å². The molecule has 2 nitrogen and oxygen atoms in total. The molecular weight excluding hydrogens is 244 g/mol. The number of thiophene rings is 1. The highest BCUT2D eigenvalue weighted by Gasteiger charge is 2.61. The Bertz CT molecular complexity index is 447. The molecule has 2 atom stereocenters. The Labute approximate surface area is 112 Å². The van der Waals surface area contributed by atoms with E-state index in [4.69, 9.17) is 0 Å². The van der Waals surface area contributed by atoms with Gasteiger partial charge in [-0.15, -0.1) is 11.3 Å². The van der Waals surface area contributed by atoms with Gasteiger partial charge in [0.2, 0.25) is 0 Å². The molecular formula is C15H20O2S. The quantitative estimate of drug-likeness (QED) is 0.719. The average Bonchev–Trinajstić information content (AvgIpc) is 2.96. The Hall–Kier alpha value is -0.960. The van der Waals surface area contributed by atoms with E-state index in [9.17, 15) is 9.59 Å². The number of rotatable bonds is 1. The summed E-state index contributed by atoms with van der Waals surface area (Å²) in [4.78, 5) is 22.2. The second-order valence-corrected chi connectivity index (χ2v) is 7.03.